The summed E-state index contributed by atoms with van der Waals surface area (Å²) < 4.78 is 1.79. The van der Waals surface area contributed by atoms with Crippen molar-refractivity contribution in [3.63, 3.8) is 0 Å². The molecule has 1 aliphatic heterocycles. The molecular weight excluding hydrogens is 280 g/mol. The molecule has 0 radical (unpaired) electrons. The van der Waals surface area contributed by atoms with Crippen LogP contribution in [0.3, 0.4) is 0 Å². The fraction of sp³-hybridized carbons (Fsp3) is 0.667. The molecule has 122 valence electrons. The molecule has 22 heavy (non-hydrogen) atoms. The van der Waals surface area contributed by atoms with Crippen molar-refractivity contribution in [1.82, 2.24) is 25.3 Å². The van der Waals surface area contributed by atoms with Crippen LogP contribution in [0, 0.1) is 0 Å². The minimum atomic E-state index is 0.113. The van der Waals surface area contributed by atoms with Gasteiger partial charge in [0.1, 0.15) is 6.54 Å². The number of nitrogens with one attached hydrogen (secondary N) is 2. The number of rotatable bonds is 6. The summed E-state index contributed by atoms with van der Waals surface area (Å²) in [5.41, 5.74) is 1.18. The van der Waals surface area contributed by atoms with Crippen molar-refractivity contribution in [1.29, 1.82) is 0 Å². The van der Waals surface area contributed by atoms with Gasteiger partial charge in [0.05, 0.1) is 6.20 Å². The molecule has 0 saturated carbocycles. The number of aliphatic imine (C=N–C) groups is 1. The van der Waals surface area contributed by atoms with E-state index in [1.165, 1.54) is 5.56 Å². The molecule has 1 saturated heterocycles. The van der Waals surface area contributed by atoms with Gasteiger partial charge >= 0.3 is 0 Å². The van der Waals surface area contributed by atoms with Gasteiger partial charge in [-0.3, -0.25) is 9.48 Å². The smallest absolute Gasteiger partial charge is 0.244 e. The minimum absolute atomic E-state index is 0.113. The van der Waals surface area contributed by atoms with Crippen molar-refractivity contribution in [2.75, 3.05) is 32.7 Å². The summed E-state index contributed by atoms with van der Waals surface area (Å²) in [4.78, 5) is 18.3. The third-order valence-corrected chi connectivity index (χ3v) is 3.64. The molecule has 0 aliphatic carbocycles. The first kappa shape index (κ1) is 16.3. The molecule has 1 aromatic rings. The molecule has 7 heteroatoms. The number of nitrogens with zero attached hydrogens (tertiary/aromatic N) is 4. The van der Waals surface area contributed by atoms with Crippen molar-refractivity contribution < 1.29 is 4.79 Å². The maximum absolute atomic E-state index is 12.0. The summed E-state index contributed by atoms with van der Waals surface area (Å²) in [5.74, 6) is 0.806. The van der Waals surface area contributed by atoms with E-state index in [1.54, 1.807) is 4.68 Å². The Morgan fingerprint density at radius 1 is 1.36 bits per heavy atom. The molecule has 2 N–H and O–H groups in total. The number of carbonyl (C=O) groups is 1. The Labute approximate surface area is 131 Å². The third kappa shape index (κ3) is 5.05. The van der Waals surface area contributed by atoms with Crippen LogP contribution in [0.2, 0.25) is 0 Å². The normalized spacial score (nSPS) is 15.2. The monoisotopic (exact) mass is 306 g/mol. The topological polar surface area (TPSA) is 74.6 Å². The summed E-state index contributed by atoms with van der Waals surface area (Å²) in [6.45, 7) is 5.51. The van der Waals surface area contributed by atoms with Crippen LogP contribution in [0.15, 0.2) is 17.4 Å². The second-order valence-corrected chi connectivity index (χ2v) is 5.48. The first-order valence-electron chi connectivity index (χ1n) is 7.96. The van der Waals surface area contributed by atoms with Crippen LogP contribution in [0.1, 0.15) is 25.3 Å². The zero-order chi connectivity index (χ0) is 15.8. The lowest BCUT2D eigenvalue weighted by atomic mass is 10.2. The molecule has 0 spiro atoms. The number of guanidine groups is 1. The molecule has 2 heterocycles. The van der Waals surface area contributed by atoms with Gasteiger partial charge in [-0.2, -0.15) is 5.10 Å². The van der Waals surface area contributed by atoms with Gasteiger partial charge in [-0.05, 0) is 31.7 Å². The van der Waals surface area contributed by atoms with Crippen molar-refractivity contribution in [2.45, 2.75) is 26.2 Å². The van der Waals surface area contributed by atoms with E-state index in [1.807, 2.05) is 31.3 Å². The molecule has 1 fully saturated rings. The zero-order valence-corrected chi connectivity index (χ0v) is 13.5. The fourth-order valence-corrected chi connectivity index (χ4v) is 2.48. The Balaban J connectivity index is 1.77. The molecule has 7 nitrogen and oxygen atoms in total. The van der Waals surface area contributed by atoms with Crippen molar-refractivity contribution in [2.24, 2.45) is 12.0 Å². The summed E-state index contributed by atoms with van der Waals surface area (Å²) in [7, 11) is 1.91. The van der Waals surface area contributed by atoms with E-state index in [9.17, 15) is 4.79 Å². The molecule has 0 atom stereocenters. The van der Waals surface area contributed by atoms with E-state index in [4.69, 9.17) is 0 Å². The Kier molecular flexibility index (Phi) is 6.24. The molecule has 0 aromatic carbocycles. The Bertz CT molecular complexity index is 504. The number of hydrogen-bond donors (Lipinski definition) is 2. The van der Waals surface area contributed by atoms with Crippen LogP contribution >= 0.6 is 0 Å². The summed E-state index contributed by atoms with van der Waals surface area (Å²) >= 11 is 0. The average Bonchev–Trinajstić information content (AvgIpc) is 3.16. The average molecular weight is 306 g/mol. The van der Waals surface area contributed by atoms with Crippen LogP contribution in [0.4, 0.5) is 0 Å². The van der Waals surface area contributed by atoms with Crippen LogP contribution in [-0.2, 0) is 18.3 Å². The number of amides is 1. The molecule has 1 aliphatic rings. The number of aromatic nitrogens is 2. The van der Waals surface area contributed by atoms with E-state index in [0.717, 1.165) is 45.4 Å². The van der Waals surface area contributed by atoms with Gasteiger partial charge in [-0.25, -0.2) is 4.99 Å². The predicted octanol–water partition coefficient (Wildman–Crippen LogP) is 0.140. The van der Waals surface area contributed by atoms with Crippen LogP contribution in [0.25, 0.3) is 0 Å². The maximum Gasteiger partial charge on any atom is 0.244 e. The van der Waals surface area contributed by atoms with E-state index in [2.05, 4.69) is 20.7 Å². The second kappa shape index (κ2) is 8.41. The third-order valence-electron chi connectivity index (χ3n) is 3.64. The molecule has 2 rings (SSSR count). The fourth-order valence-electron chi connectivity index (χ4n) is 2.48. The van der Waals surface area contributed by atoms with E-state index in [0.29, 0.717) is 5.96 Å². The van der Waals surface area contributed by atoms with Gasteiger partial charge in [-0.15, -0.1) is 0 Å². The van der Waals surface area contributed by atoms with Crippen molar-refractivity contribution >= 4 is 11.9 Å². The van der Waals surface area contributed by atoms with Gasteiger partial charge in [0.15, 0.2) is 5.96 Å². The molecule has 1 amide bonds. The Hall–Kier alpha value is -2.05. The summed E-state index contributed by atoms with van der Waals surface area (Å²) in [6, 6.07) is 0. The number of aryl methyl sites for hydroxylation is 1. The highest BCUT2D eigenvalue weighted by Crippen LogP contribution is 2.07. The highest BCUT2D eigenvalue weighted by atomic mass is 16.2. The Morgan fingerprint density at radius 2 is 2.14 bits per heavy atom. The van der Waals surface area contributed by atoms with Gasteiger partial charge in [0.25, 0.3) is 0 Å². The van der Waals surface area contributed by atoms with Crippen LogP contribution in [0.5, 0.6) is 0 Å². The largest absolute Gasteiger partial charge is 0.357 e. The molecular formula is C15H26N6O. The Morgan fingerprint density at radius 3 is 2.77 bits per heavy atom. The van der Waals surface area contributed by atoms with Gasteiger partial charge < -0.3 is 15.5 Å². The van der Waals surface area contributed by atoms with Gasteiger partial charge in [-0.1, -0.05) is 0 Å². The van der Waals surface area contributed by atoms with E-state index in [-0.39, 0.29) is 12.5 Å². The van der Waals surface area contributed by atoms with E-state index < -0.39 is 0 Å². The summed E-state index contributed by atoms with van der Waals surface area (Å²) in [5, 5.41) is 10.6. The first-order chi connectivity index (χ1) is 10.7. The van der Waals surface area contributed by atoms with Gasteiger partial charge in [0, 0.05) is 39.4 Å². The first-order valence-corrected chi connectivity index (χ1v) is 7.96. The minimum Gasteiger partial charge on any atom is -0.357 e. The summed E-state index contributed by atoms with van der Waals surface area (Å²) in [6.07, 6.45) is 6.96. The van der Waals surface area contributed by atoms with Crippen LogP contribution < -0.4 is 10.6 Å². The molecule has 0 bridgehead atoms. The van der Waals surface area contributed by atoms with Crippen molar-refractivity contribution in [3.8, 4) is 0 Å². The number of carbonyl (C=O) groups excluding carboxylic acids is 1. The lowest BCUT2D eigenvalue weighted by Crippen LogP contribution is -2.39. The van der Waals surface area contributed by atoms with E-state index >= 15 is 0 Å². The van der Waals surface area contributed by atoms with Crippen molar-refractivity contribution in [3.05, 3.63) is 18.0 Å². The second-order valence-electron chi connectivity index (χ2n) is 5.48. The quantitative estimate of drug-likeness (QED) is 0.579. The number of likely N-dealkylation sites (tertiary alicyclic amines) is 1. The molecule has 0 unspecified atom stereocenters. The highest BCUT2D eigenvalue weighted by molar-refractivity contribution is 5.85. The standard InChI is InChI=1S/C15H26N6O/c1-3-16-15(17-7-6-13-10-19-20(2)12-13)18-11-14(22)21-8-4-5-9-21/h10,12H,3-9,11H2,1-2H3,(H2,16,17,18). The number of hydrogen-bond acceptors (Lipinski definition) is 3. The lowest BCUT2D eigenvalue weighted by Gasteiger charge is -2.15. The van der Waals surface area contributed by atoms with Gasteiger partial charge in [0.2, 0.25) is 5.91 Å². The predicted molar refractivity (Wildman–Crippen MR) is 86.7 cm³/mol. The highest BCUT2D eigenvalue weighted by Gasteiger charge is 2.17. The lowest BCUT2D eigenvalue weighted by molar-refractivity contribution is -0.128. The van der Waals surface area contributed by atoms with Crippen LogP contribution in [-0.4, -0.2) is 59.3 Å². The molecule has 1 aromatic heterocycles. The zero-order valence-electron chi connectivity index (χ0n) is 13.5. The SMILES string of the molecule is CCNC(=NCC(=O)N1CCCC1)NCCc1cnn(C)c1. The maximum atomic E-state index is 12.0.